The zero-order valence-electron chi connectivity index (χ0n) is 23.4. The molecule has 4 unspecified atom stereocenters. The Kier molecular flexibility index (Phi) is 9.10. The third-order valence-electron chi connectivity index (χ3n) is 7.88. The van der Waals surface area contributed by atoms with E-state index in [-0.39, 0.29) is 49.0 Å². The predicted octanol–water partition coefficient (Wildman–Crippen LogP) is 5.33. The number of piperazine rings is 1. The van der Waals surface area contributed by atoms with Crippen LogP contribution in [-0.4, -0.2) is 59.6 Å². The predicted molar refractivity (Wildman–Crippen MR) is 157 cm³/mol. The number of amides is 3. The van der Waals surface area contributed by atoms with E-state index in [4.69, 9.17) is 16.3 Å². The molecule has 2 aliphatic rings. The fraction of sp³-hybridized carbons (Fsp3) is 0.375. The first-order valence-electron chi connectivity index (χ1n) is 14.1. The molecule has 1 saturated heterocycles. The summed E-state index contributed by atoms with van der Waals surface area (Å²) >= 11 is 6.23. The molecule has 41 heavy (non-hydrogen) atoms. The Labute approximate surface area is 245 Å². The largest absolute Gasteiger partial charge is 0.483 e. The smallest absolute Gasteiger partial charge is 0.315 e. The monoisotopic (exact) mass is 578 g/mol. The molecule has 0 aromatic heterocycles. The zero-order valence-corrected chi connectivity index (χ0v) is 24.1. The number of rotatable bonds is 9. The lowest BCUT2D eigenvalue weighted by Gasteiger charge is -2.44. The summed E-state index contributed by atoms with van der Waals surface area (Å²) in [5.41, 5.74) is 2.96. The van der Waals surface area contributed by atoms with Gasteiger partial charge in [0.1, 0.15) is 11.6 Å². The molecule has 0 radical (unpaired) electrons. The Bertz CT molecular complexity index is 1360. The van der Waals surface area contributed by atoms with Crippen LogP contribution < -0.4 is 15.4 Å². The summed E-state index contributed by atoms with van der Waals surface area (Å²) < 4.78 is 19.2. The normalized spacial score (nSPS) is 22.2. The molecule has 7 nitrogen and oxygen atoms in total. The second-order valence-corrected chi connectivity index (χ2v) is 11.5. The highest BCUT2D eigenvalue weighted by Gasteiger charge is 2.39. The minimum Gasteiger partial charge on any atom is -0.483 e. The van der Waals surface area contributed by atoms with Gasteiger partial charge in [-0.3, -0.25) is 9.69 Å². The lowest BCUT2D eigenvalue weighted by molar-refractivity contribution is -0.139. The quantitative estimate of drug-likeness (QED) is 0.360. The SMILES string of the molecule is CC1CN(C(=O)COc2ccc(Cl)cc2CNC(=O)NC2CC2c2ccccc2)C(C)CN1Cc1ccc(F)cc1. The van der Waals surface area contributed by atoms with Gasteiger partial charge in [0.2, 0.25) is 0 Å². The fourth-order valence-corrected chi connectivity index (χ4v) is 5.65. The van der Waals surface area contributed by atoms with E-state index in [1.807, 2.05) is 30.0 Å². The standard InChI is InChI=1S/C32H36ClFN4O3/c1-21-18-38(22(2)17-37(21)19-23-8-11-27(34)12-9-23)31(39)20-41-30-13-10-26(33)14-25(30)16-35-32(40)36-29-15-28(29)24-6-4-3-5-7-24/h3-14,21-22,28-29H,15-20H2,1-2H3,(H2,35,36,40). The van der Waals surface area contributed by atoms with Gasteiger partial charge in [-0.05, 0) is 61.7 Å². The van der Waals surface area contributed by atoms with Gasteiger partial charge in [0.15, 0.2) is 6.61 Å². The van der Waals surface area contributed by atoms with Gasteiger partial charge < -0.3 is 20.3 Å². The second-order valence-electron chi connectivity index (χ2n) is 11.0. The van der Waals surface area contributed by atoms with E-state index >= 15 is 0 Å². The number of carbonyl (C=O) groups excluding carboxylic acids is 2. The van der Waals surface area contributed by atoms with Crippen LogP contribution in [0.3, 0.4) is 0 Å². The summed E-state index contributed by atoms with van der Waals surface area (Å²) in [6.07, 6.45) is 0.919. The third kappa shape index (κ3) is 7.57. The second kappa shape index (κ2) is 12.9. The Morgan fingerprint density at radius 2 is 1.76 bits per heavy atom. The molecule has 0 spiro atoms. The highest BCUT2D eigenvalue weighted by molar-refractivity contribution is 6.30. The Morgan fingerprint density at radius 1 is 1.00 bits per heavy atom. The highest BCUT2D eigenvalue weighted by Crippen LogP contribution is 2.40. The topological polar surface area (TPSA) is 73.9 Å². The maximum absolute atomic E-state index is 13.3. The van der Waals surface area contributed by atoms with E-state index in [9.17, 15) is 14.0 Å². The zero-order chi connectivity index (χ0) is 28.9. The number of hydrogen-bond donors (Lipinski definition) is 2. The minimum absolute atomic E-state index is 0.0000601. The number of nitrogens with zero attached hydrogens (tertiary/aromatic N) is 2. The van der Waals surface area contributed by atoms with Crippen LogP contribution in [0.4, 0.5) is 9.18 Å². The number of carbonyl (C=O) groups is 2. The van der Waals surface area contributed by atoms with Crippen molar-refractivity contribution in [2.24, 2.45) is 0 Å². The van der Waals surface area contributed by atoms with Crippen molar-refractivity contribution in [2.45, 2.75) is 57.4 Å². The van der Waals surface area contributed by atoms with Crippen LogP contribution in [-0.2, 0) is 17.9 Å². The number of urea groups is 1. The first kappa shape index (κ1) is 28.9. The van der Waals surface area contributed by atoms with Crippen molar-refractivity contribution >= 4 is 23.5 Å². The van der Waals surface area contributed by atoms with Crippen LogP contribution in [0.5, 0.6) is 5.75 Å². The van der Waals surface area contributed by atoms with E-state index in [2.05, 4.69) is 34.6 Å². The van der Waals surface area contributed by atoms with Crippen molar-refractivity contribution < 1.29 is 18.7 Å². The Morgan fingerprint density at radius 3 is 2.51 bits per heavy atom. The number of nitrogens with one attached hydrogen (secondary N) is 2. The maximum atomic E-state index is 13.3. The molecule has 3 amide bonds. The average molecular weight is 579 g/mol. The number of benzene rings is 3. The van der Waals surface area contributed by atoms with Crippen molar-refractivity contribution in [3.63, 3.8) is 0 Å². The van der Waals surface area contributed by atoms with Crippen LogP contribution >= 0.6 is 11.6 Å². The van der Waals surface area contributed by atoms with Gasteiger partial charge in [-0.15, -0.1) is 0 Å². The summed E-state index contributed by atoms with van der Waals surface area (Å²) in [5, 5.41) is 6.44. The highest BCUT2D eigenvalue weighted by atomic mass is 35.5. The summed E-state index contributed by atoms with van der Waals surface area (Å²) in [6.45, 7) is 6.21. The molecule has 0 bridgehead atoms. The Balaban J connectivity index is 1.11. The van der Waals surface area contributed by atoms with Crippen molar-refractivity contribution in [1.29, 1.82) is 0 Å². The molecule has 2 N–H and O–H groups in total. The van der Waals surface area contributed by atoms with E-state index < -0.39 is 0 Å². The molecule has 3 aromatic carbocycles. The van der Waals surface area contributed by atoms with Crippen molar-refractivity contribution in [1.82, 2.24) is 20.4 Å². The number of hydrogen-bond acceptors (Lipinski definition) is 4. The van der Waals surface area contributed by atoms with Gasteiger partial charge in [0.05, 0.1) is 0 Å². The van der Waals surface area contributed by atoms with Gasteiger partial charge in [-0.25, -0.2) is 9.18 Å². The summed E-state index contributed by atoms with van der Waals surface area (Å²) in [6, 6.07) is 21.9. The molecule has 2 fully saturated rings. The van der Waals surface area contributed by atoms with Crippen LogP contribution in [0.1, 0.15) is 42.9 Å². The van der Waals surface area contributed by atoms with Gasteiger partial charge >= 0.3 is 6.03 Å². The van der Waals surface area contributed by atoms with Gasteiger partial charge in [0.25, 0.3) is 5.91 Å². The van der Waals surface area contributed by atoms with E-state index in [0.717, 1.165) is 12.0 Å². The molecular weight excluding hydrogens is 543 g/mol. The fourth-order valence-electron chi connectivity index (χ4n) is 5.46. The molecule has 1 saturated carbocycles. The first-order valence-corrected chi connectivity index (χ1v) is 14.4. The maximum Gasteiger partial charge on any atom is 0.315 e. The molecular formula is C32H36ClFN4O3. The molecule has 4 atom stereocenters. The lowest BCUT2D eigenvalue weighted by Crippen LogP contribution is -2.58. The summed E-state index contributed by atoms with van der Waals surface area (Å²) in [5.74, 6) is 0.502. The van der Waals surface area contributed by atoms with Crippen LogP contribution in [0, 0.1) is 5.82 Å². The molecule has 1 heterocycles. The van der Waals surface area contributed by atoms with Gasteiger partial charge in [-0.2, -0.15) is 0 Å². The molecule has 1 aliphatic carbocycles. The summed E-state index contributed by atoms with van der Waals surface area (Å²) in [4.78, 5) is 29.9. The average Bonchev–Trinajstić information content (AvgIpc) is 3.73. The van der Waals surface area contributed by atoms with Crippen molar-refractivity contribution in [3.8, 4) is 5.75 Å². The van der Waals surface area contributed by atoms with Gasteiger partial charge in [0, 0.05) is 60.8 Å². The van der Waals surface area contributed by atoms with Crippen LogP contribution in [0.15, 0.2) is 72.8 Å². The molecule has 3 aromatic rings. The number of halogens is 2. The molecule has 1 aliphatic heterocycles. The summed E-state index contributed by atoms with van der Waals surface area (Å²) in [7, 11) is 0. The van der Waals surface area contributed by atoms with Gasteiger partial charge in [-0.1, -0.05) is 54.1 Å². The lowest BCUT2D eigenvalue weighted by atomic mass is 10.1. The van der Waals surface area contributed by atoms with E-state index in [1.165, 1.54) is 17.7 Å². The van der Waals surface area contributed by atoms with Crippen LogP contribution in [0.25, 0.3) is 0 Å². The first-order chi connectivity index (χ1) is 19.8. The minimum atomic E-state index is -0.253. The Hall–Kier alpha value is -3.62. The van der Waals surface area contributed by atoms with Crippen LogP contribution in [0.2, 0.25) is 5.02 Å². The van der Waals surface area contributed by atoms with Crippen molar-refractivity contribution in [3.05, 3.63) is 100 Å². The molecule has 9 heteroatoms. The van der Waals surface area contributed by atoms with Crippen molar-refractivity contribution in [2.75, 3.05) is 19.7 Å². The van der Waals surface area contributed by atoms with E-state index in [1.54, 1.807) is 30.3 Å². The van der Waals surface area contributed by atoms with E-state index in [0.29, 0.717) is 41.9 Å². The molecule has 216 valence electrons. The molecule has 5 rings (SSSR count). The third-order valence-corrected chi connectivity index (χ3v) is 8.12. The number of ether oxygens (including phenoxy) is 1.